The molecule has 0 saturated heterocycles. The summed E-state index contributed by atoms with van der Waals surface area (Å²) in [5, 5.41) is 6.86. The van der Waals surface area contributed by atoms with E-state index in [1.54, 1.807) is 0 Å². The summed E-state index contributed by atoms with van der Waals surface area (Å²) >= 11 is 1.86. The monoisotopic (exact) mass is 777 g/mol. The van der Waals surface area contributed by atoms with Crippen molar-refractivity contribution >= 4 is 92.3 Å². The van der Waals surface area contributed by atoms with Gasteiger partial charge in [0.15, 0.2) is 0 Å². The van der Waals surface area contributed by atoms with Gasteiger partial charge in [0.2, 0.25) is 0 Å². The Morgan fingerprint density at radius 3 is 2.03 bits per heavy atom. The second-order valence-corrected chi connectivity index (χ2v) is 16.1. The molecule has 0 unspecified atom stereocenters. The van der Waals surface area contributed by atoms with E-state index in [1.165, 1.54) is 42.7 Å². The van der Waals surface area contributed by atoms with E-state index in [4.69, 9.17) is 8.83 Å². The van der Waals surface area contributed by atoms with Gasteiger partial charge in [0.05, 0.1) is 16.1 Å². The minimum atomic E-state index is 0.817. The molecule has 0 fully saturated rings. The number of fused-ring (bicyclic) bond motifs is 9. The fourth-order valence-electron chi connectivity index (χ4n) is 8.91. The molecule has 3 aromatic heterocycles. The van der Waals surface area contributed by atoms with E-state index in [-0.39, 0.29) is 0 Å². The summed E-state index contributed by atoms with van der Waals surface area (Å²) < 4.78 is 16.0. The minimum absolute atomic E-state index is 0.817. The van der Waals surface area contributed by atoms with E-state index in [0.29, 0.717) is 0 Å². The third-order valence-electron chi connectivity index (χ3n) is 11.6. The summed E-state index contributed by atoms with van der Waals surface area (Å²) in [5.74, 6) is 0. The Balaban J connectivity index is 1.12. The first-order valence-corrected chi connectivity index (χ1v) is 21.1. The number of furan rings is 2. The zero-order valence-electron chi connectivity index (χ0n) is 32.8. The first kappa shape index (κ1) is 35.1. The first-order chi connectivity index (χ1) is 29.2. The van der Waals surface area contributed by atoms with Gasteiger partial charge in [-0.1, -0.05) is 153 Å². The maximum Gasteiger partial charge on any atom is 0.144 e. The largest absolute Gasteiger partial charge is 0.456 e. The van der Waals surface area contributed by atoms with Crippen LogP contribution in [-0.4, -0.2) is 0 Å². The standard InChI is InChI=1S/C55H39NO2S/c1-3-38(56(45-27-13-10-22-40(45)36-18-6-4-7-19-36)46-28-16-26-42-41-23-12-15-31-50(41)59-55(42)46)33-32-35(2)39-25-17-30-48-52(39)44-34-49-53(43-24-11-14-29-47(43)57-49)51(54(44)58-48)37-20-8-5-9-21-37/h4-34H,3H2,1-2H3/b35-32+,38-33+. The van der Waals surface area contributed by atoms with Crippen molar-refractivity contribution in [2.75, 3.05) is 4.90 Å². The molecule has 0 bridgehead atoms. The van der Waals surface area contributed by atoms with Crippen LogP contribution in [0.5, 0.6) is 0 Å². The number of anilines is 2. The van der Waals surface area contributed by atoms with E-state index in [9.17, 15) is 0 Å². The molecule has 0 atom stereocenters. The maximum absolute atomic E-state index is 6.89. The van der Waals surface area contributed by atoms with Gasteiger partial charge in [-0.25, -0.2) is 0 Å². The van der Waals surface area contributed by atoms with Gasteiger partial charge < -0.3 is 13.7 Å². The van der Waals surface area contributed by atoms with E-state index < -0.39 is 0 Å². The highest BCUT2D eigenvalue weighted by atomic mass is 32.1. The van der Waals surface area contributed by atoms with E-state index in [2.05, 4.69) is 195 Å². The molecule has 0 radical (unpaired) electrons. The Morgan fingerprint density at radius 2 is 1.20 bits per heavy atom. The molecule has 11 aromatic rings. The molecule has 59 heavy (non-hydrogen) atoms. The smallest absolute Gasteiger partial charge is 0.144 e. The summed E-state index contributed by atoms with van der Waals surface area (Å²) in [4.78, 5) is 2.49. The maximum atomic E-state index is 6.89. The highest BCUT2D eigenvalue weighted by Gasteiger charge is 2.24. The molecule has 0 N–H and O–H groups in total. The number of hydrogen-bond donors (Lipinski definition) is 0. The summed E-state index contributed by atoms with van der Waals surface area (Å²) in [6.45, 7) is 4.47. The van der Waals surface area contributed by atoms with Crippen molar-refractivity contribution in [3.05, 3.63) is 199 Å². The number of benzene rings is 8. The lowest BCUT2D eigenvalue weighted by atomic mass is 9.94. The van der Waals surface area contributed by atoms with Crippen LogP contribution in [0.1, 0.15) is 25.8 Å². The third kappa shape index (κ3) is 5.79. The van der Waals surface area contributed by atoms with Crippen LogP contribution < -0.4 is 4.90 Å². The number of thiophene rings is 1. The second kappa shape index (κ2) is 14.4. The molecule has 3 nitrogen and oxygen atoms in total. The molecule has 8 aromatic carbocycles. The van der Waals surface area contributed by atoms with Gasteiger partial charge in [-0.3, -0.25) is 0 Å². The molecular formula is C55H39NO2S. The molecular weight excluding hydrogens is 739 g/mol. The Labute approximate surface area is 346 Å². The molecule has 0 amide bonds. The van der Waals surface area contributed by atoms with Gasteiger partial charge in [0, 0.05) is 53.8 Å². The molecule has 282 valence electrons. The van der Waals surface area contributed by atoms with Crippen LogP contribution >= 0.6 is 11.3 Å². The molecule has 0 spiro atoms. The normalized spacial score (nSPS) is 12.5. The zero-order chi connectivity index (χ0) is 39.5. The minimum Gasteiger partial charge on any atom is -0.456 e. The third-order valence-corrected chi connectivity index (χ3v) is 12.9. The molecule has 0 aliphatic rings. The van der Waals surface area contributed by atoms with E-state index >= 15 is 0 Å². The zero-order valence-corrected chi connectivity index (χ0v) is 33.6. The van der Waals surface area contributed by atoms with E-state index in [1.807, 2.05) is 23.5 Å². The van der Waals surface area contributed by atoms with Crippen molar-refractivity contribution in [2.24, 2.45) is 0 Å². The predicted octanol–water partition coefficient (Wildman–Crippen LogP) is 16.7. The average Bonchev–Trinajstić information content (AvgIpc) is 3.99. The summed E-state index contributed by atoms with van der Waals surface area (Å²) in [6, 6.07) is 62.4. The molecule has 4 heteroatoms. The Bertz CT molecular complexity index is 3440. The van der Waals surface area contributed by atoms with Crippen LogP contribution in [0.4, 0.5) is 11.4 Å². The first-order valence-electron chi connectivity index (χ1n) is 20.2. The van der Waals surface area contributed by atoms with Crippen molar-refractivity contribution in [3.63, 3.8) is 0 Å². The van der Waals surface area contributed by atoms with Crippen molar-refractivity contribution in [1.82, 2.24) is 0 Å². The molecule has 3 heterocycles. The number of para-hydroxylation sites is 2. The lowest BCUT2D eigenvalue weighted by molar-refractivity contribution is 0.664. The average molecular weight is 778 g/mol. The van der Waals surface area contributed by atoms with Crippen LogP contribution in [0.25, 0.3) is 91.9 Å². The second-order valence-electron chi connectivity index (χ2n) is 15.1. The van der Waals surface area contributed by atoms with Gasteiger partial charge in [-0.15, -0.1) is 11.3 Å². The molecule has 11 rings (SSSR count). The highest BCUT2D eigenvalue weighted by Crippen LogP contribution is 2.48. The van der Waals surface area contributed by atoms with Gasteiger partial charge in [0.1, 0.15) is 22.3 Å². The van der Waals surface area contributed by atoms with Crippen molar-refractivity contribution in [3.8, 4) is 22.3 Å². The number of nitrogens with zero attached hydrogens (tertiary/aromatic N) is 1. The number of hydrogen-bond acceptors (Lipinski definition) is 4. The van der Waals surface area contributed by atoms with Crippen LogP contribution in [0, 0.1) is 0 Å². The SMILES string of the molecule is CC/C(=C\C=C(/C)c1cccc2oc3c(-c4ccccc4)c4c(cc3c12)oc1ccccc14)N(c1ccccc1-c1ccccc1)c1cccc2c1sc1ccccc12. The molecule has 0 aliphatic heterocycles. The fraction of sp³-hybridized carbons (Fsp3) is 0.0545. The van der Waals surface area contributed by atoms with Crippen molar-refractivity contribution < 1.29 is 8.83 Å². The lowest BCUT2D eigenvalue weighted by Gasteiger charge is -2.30. The molecule has 0 saturated carbocycles. The topological polar surface area (TPSA) is 29.5 Å². The Morgan fingerprint density at radius 1 is 0.542 bits per heavy atom. The summed E-state index contributed by atoms with van der Waals surface area (Å²) in [6.07, 6.45) is 5.42. The van der Waals surface area contributed by atoms with Crippen LogP contribution in [-0.2, 0) is 0 Å². The Kier molecular flexibility index (Phi) is 8.53. The quantitative estimate of drug-likeness (QED) is 0.144. The predicted molar refractivity (Wildman–Crippen MR) is 252 cm³/mol. The van der Waals surface area contributed by atoms with Crippen molar-refractivity contribution in [2.45, 2.75) is 20.3 Å². The van der Waals surface area contributed by atoms with E-state index in [0.717, 1.165) is 78.2 Å². The molecule has 0 aliphatic carbocycles. The summed E-state index contributed by atoms with van der Waals surface area (Å²) in [5.41, 5.74) is 13.8. The number of rotatable bonds is 8. The fourth-order valence-corrected chi connectivity index (χ4v) is 10.1. The van der Waals surface area contributed by atoms with Crippen molar-refractivity contribution in [1.29, 1.82) is 0 Å². The summed E-state index contributed by atoms with van der Waals surface area (Å²) in [7, 11) is 0. The van der Waals surface area contributed by atoms with Crippen LogP contribution in [0.15, 0.2) is 203 Å². The highest BCUT2D eigenvalue weighted by molar-refractivity contribution is 7.26. The number of allylic oxidation sites excluding steroid dienone is 4. The van der Waals surface area contributed by atoms with Crippen LogP contribution in [0.2, 0.25) is 0 Å². The van der Waals surface area contributed by atoms with Gasteiger partial charge in [-0.05, 0) is 78.1 Å². The van der Waals surface area contributed by atoms with Gasteiger partial charge >= 0.3 is 0 Å². The lowest BCUT2D eigenvalue weighted by Crippen LogP contribution is -2.17. The van der Waals surface area contributed by atoms with Gasteiger partial charge in [0.25, 0.3) is 0 Å². The Hall–Kier alpha value is -7.14. The van der Waals surface area contributed by atoms with Gasteiger partial charge in [-0.2, -0.15) is 0 Å². The van der Waals surface area contributed by atoms with Crippen LogP contribution in [0.3, 0.4) is 0 Å².